The van der Waals surface area contributed by atoms with Gasteiger partial charge in [0.2, 0.25) is 5.91 Å². The topological polar surface area (TPSA) is 66.5 Å². The van der Waals surface area contributed by atoms with Crippen LogP contribution in [0.5, 0.6) is 0 Å². The van der Waals surface area contributed by atoms with Gasteiger partial charge in [-0.3, -0.25) is 4.79 Å². The van der Waals surface area contributed by atoms with Gasteiger partial charge in [0.15, 0.2) is 9.84 Å². The Morgan fingerprint density at radius 1 is 1.43 bits per heavy atom. The van der Waals surface area contributed by atoms with Gasteiger partial charge in [0.1, 0.15) is 5.37 Å². The molecule has 0 aromatic rings. The summed E-state index contributed by atoms with van der Waals surface area (Å²) in [5.74, 6) is 2.04. The summed E-state index contributed by atoms with van der Waals surface area (Å²) in [5, 5.41) is 2.74. The summed E-state index contributed by atoms with van der Waals surface area (Å²) in [6.07, 6.45) is 3.69. The third-order valence-electron chi connectivity index (χ3n) is 4.39. The Balaban J connectivity index is 1.92. The first kappa shape index (κ1) is 17.1. The Bertz CT molecular complexity index is 447. The highest BCUT2D eigenvalue weighted by atomic mass is 32.2. The summed E-state index contributed by atoms with van der Waals surface area (Å²) in [6, 6.07) is 0. The summed E-state index contributed by atoms with van der Waals surface area (Å²) < 4.78 is 24.3. The minimum atomic E-state index is -3.19. The van der Waals surface area contributed by atoms with E-state index < -0.39 is 15.2 Å². The summed E-state index contributed by atoms with van der Waals surface area (Å²) in [7, 11) is -3.19. The zero-order valence-corrected chi connectivity index (χ0v) is 14.3. The summed E-state index contributed by atoms with van der Waals surface area (Å²) >= 11 is 1.63. The van der Waals surface area contributed by atoms with Crippen LogP contribution >= 0.6 is 11.8 Å². The van der Waals surface area contributed by atoms with E-state index in [0.29, 0.717) is 24.6 Å². The molecule has 0 aliphatic carbocycles. The molecule has 0 aromatic carbocycles. The smallest absolute Gasteiger partial charge is 0.223 e. The third-order valence-corrected chi connectivity index (χ3v) is 7.68. The monoisotopic (exact) mass is 334 g/mol. The molecule has 2 rings (SSSR count). The Morgan fingerprint density at radius 2 is 2.24 bits per heavy atom. The molecule has 0 bridgehead atoms. The van der Waals surface area contributed by atoms with E-state index in [-0.39, 0.29) is 11.7 Å². The van der Waals surface area contributed by atoms with Crippen LogP contribution in [0.15, 0.2) is 0 Å². The molecule has 21 heavy (non-hydrogen) atoms. The molecule has 0 saturated carbocycles. The Kier molecular flexibility index (Phi) is 6.37. The highest BCUT2D eigenvalue weighted by Gasteiger charge is 2.35. The molecule has 0 spiro atoms. The molecule has 122 valence electrons. The van der Waals surface area contributed by atoms with Crippen molar-refractivity contribution in [1.29, 1.82) is 0 Å². The fraction of sp³-hybridized carbons (Fsp3) is 0.929. The lowest BCUT2D eigenvalue weighted by Crippen LogP contribution is -2.50. The van der Waals surface area contributed by atoms with E-state index in [1.807, 2.05) is 0 Å². The average molecular weight is 335 g/mol. The van der Waals surface area contributed by atoms with Crippen LogP contribution < -0.4 is 5.32 Å². The molecule has 5 nitrogen and oxygen atoms in total. The fourth-order valence-electron chi connectivity index (χ4n) is 3.00. The molecule has 1 amide bonds. The molecule has 2 atom stereocenters. The van der Waals surface area contributed by atoms with Crippen molar-refractivity contribution in [3.05, 3.63) is 0 Å². The lowest BCUT2D eigenvalue weighted by molar-refractivity contribution is -0.131. The van der Waals surface area contributed by atoms with Crippen molar-refractivity contribution >= 4 is 27.5 Å². The SMILES string of the molecule is CCS(=O)(=O)C1CSCCN1C(=O)CCC1CCCNC1. The van der Waals surface area contributed by atoms with Crippen LogP contribution in [-0.2, 0) is 14.6 Å². The van der Waals surface area contributed by atoms with Gasteiger partial charge in [-0.05, 0) is 38.3 Å². The van der Waals surface area contributed by atoms with Crippen LogP contribution in [0.2, 0.25) is 0 Å². The Hall–Kier alpha value is -0.270. The minimum Gasteiger partial charge on any atom is -0.324 e. The van der Waals surface area contributed by atoms with Crippen molar-refractivity contribution in [2.45, 2.75) is 38.0 Å². The first-order valence-corrected chi connectivity index (χ1v) is 10.7. The molecule has 1 N–H and O–H groups in total. The standard InChI is InChI=1S/C14H26N2O3S2/c1-2-21(18,19)14-11-20-9-8-16(14)13(17)6-5-12-4-3-7-15-10-12/h12,14-15H,2-11H2,1H3. The van der Waals surface area contributed by atoms with Crippen LogP contribution in [-0.4, -0.2) is 61.5 Å². The third kappa shape index (κ3) is 4.60. The number of piperidine rings is 1. The molecule has 0 radical (unpaired) electrons. The number of carbonyl (C=O) groups excluding carboxylic acids is 1. The summed E-state index contributed by atoms with van der Waals surface area (Å²) in [4.78, 5) is 14.1. The van der Waals surface area contributed by atoms with E-state index in [1.54, 1.807) is 23.6 Å². The van der Waals surface area contributed by atoms with Gasteiger partial charge >= 0.3 is 0 Å². The fourth-order valence-corrected chi connectivity index (χ4v) is 5.99. The van der Waals surface area contributed by atoms with E-state index in [9.17, 15) is 13.2 Å². The second kappa shape index (κ2) is 7.83. The maximum atomic E-state index is 12.4. The molecule has 2 aliphatic rings. The van der Waals surface area contributed by atoms with Gasteiger partial charge in [-0.25, -0.2) is 8.42 Å². The molecule has 2 saturated heterocycles. The van der Waals surface area contributed by atoms with Gasteiger partial charge in [0.05, 0.1) is 0 Å². The van der Waals surface area contributed by atoms with Gasteiger partial charge < -0.3 is 10.2 Å². The normalized spacial score (nSPS) is 27.6. The second-order valence-electron chi connectivity index (χ2n) is 5.82. The minimum absolute atomic E-state index is 0.0166. The molecular weight excluding hydrogens is 308 g/mol. The number of hydrogen-bond donors (Lipinski definition) is 1. The summed E-state index contributed by atoms with van der Waals surface area (Å²) in [5.41, 5.74) is 0. The van der Waals surface area contributed by atoms with E-state index in [2.05, 4.69) is 5.32 Å². The Morgan fingerprint density at radius 3 is 2.90 bits per heavy atom. The predicted molar refractivity (Wildman–Crippen MR) is 87.1 cm³/mol. The molecule has 2 heterocycles. The van der Waals surface area contributed by atoms with Gasteiger partial charge in [0, 0.05) is 30.2 Å². The Labute approximate surface area is 132 Å². The largest absolute Gasteiger partial charge is 0.324 e. The second-order valence-corrected chi connectivity index (χ2v) is 9.42. The van der Waals surface area contributed by atoms with Crippen molar-refractivity contribution in [3.8, 4) is 0 Å². The number of nitrogens with one attached hydrogen (secondary N) is 1. The quantitative estimate of drug-likeness (QED) is 0.816. The van der Waals surface area contributed by atoms with E-state index >= 15 is 0 Å². The molecule has 0 aromatic heterocycles. The van der Waals surface area contributed by atoms with Crippen molar-refractivity contribution < 1.29 is 13.2 Å². The van der Waals surface area contributed by atoms with E-state index in [1.165, 1.54) is 12.8 Å². The number of amides is 1. The lowest BCUT2D eigenvalue weighted by Gasteiger charge is -2.35. The van der Waals surface area contributed by atoms with Crippen LogP contribution in [0.1, 0.15) is 32.6 Å². The summed E-state index contributed by atoms with van der Waals surface area (Å²) in [6.45, 7) is 4.28. The zero-order chi connectivity index (χ0) is 15.3. The number of sulfone groups is 1. The number of hydrogen-bond acceptors (Lipinski definition) is 5. The van der Waals surface area contributed by atoms with Gasteiger partial charge in [-0.15, -0.1) is 0 Å². The number of rotatable bonds is 5. The molecule has 2 fully saturated rings. The van der Waals surface area contributed by atoms with Crippen molar-refractivity contribution in [2.75, 3.05) is 36.9 Å². The van der Waals surface area contributed by atoms with Crippen LogP contribution in [0.3, 0.4) is 0 Å². The molecule has 7 heteroatoms. The maximum Gasteiger partial charge on any atom is 0.223 e. The van der Waals surface area contributed by atoms with Crippen molar-refractivity contribution in [3.63, 3.8) is 0 Å². The first-order valence-electron chi connectivity index (χ1n) is 7.84. The van der Waals surface area contributed by atoms with Crippen LogP contribution in [0, 0.1) is 5.92 Å². The van der Waals surface area contributed by atoms with E-state index in [4.69, 9.17) is 0 Å². The zero-order valence-electron chi connectivity index (χ0n) is 12.7. The van der Waals surface area contributed by atoms with Gasteiger partial charge in [-0.2, -0.15) is 11.8 Å². The van der Waals surface area contributed by atoms with E-state index in [0.717, 1.165) is 25.3 Å². The molecule has 2 aliphatic heterocycles. The molecular formula is C14H26N2O3S2. The van der Waals surface area contributed by atoms with Gasteiger partial charge in [0.25, 0.3) is 0 Å². The lowest BCUT2D eigenvalue weighted by atomic mass is 9.94. The van der Waals surface area contributed by atoms with Crippen LogP contribution in [0.25, 0.3) is 0 Å². The number of carbonyl (C=O) groups is 1. The molecule has 2 unspecified atom stereocenters. The predicted octanol–water partition coefficient (Wildman–Crippen LogP) is 1.10. The highest BCUT2D eigenvalue weighted by Crippen LogP contribution is 2.24. The average Bonchev–Trinajstić information content (AvgIpc) is 2.53. The van der Waals surface area contributed by atoms with Crippen LogP contribution in [0.4, 0.5) is 0 Å². The first-order chi connectivity index (χ1) is 10.0. The highest BCUT2D eigenvalue weighted by molar-refractivity contribution is 8.01. The maximum absolute atomic E-state index is 12.4. The van der Waals surface area contributed by atoms with Crippen molar-refractivity contribution in [1.82, 2.24) is 10.2 Å². The van der Waals surface area contributed by atoms with Crippen molar-refractivity contribution in [2.24, 2.45) is 5.92 Å². The number of nitrogens with zero attached hydrogens (tertiary/aromatic N) is 1. The number of thioether (sulfide) groups is 1. The van der Waals surface area contributed by atoms with Gasteiger partial charge in [-0.1, -0.05) is 6.92 Å².